The molecule has 1 saturated carbocycles. The average Bonchev–Trinajstić information content (AvgIpc) is 2.90. The molecule has 0 spiro atoms. The molecule has 7 heteroatoms. The number of ether oxygens (including phenoxy) is 1. The summed E-state index contributed by atoms with van der Waals surface area (Å²) >= 11 is 0. The van der Waals surface area contributed by atoms with E-state index >= 15 is 0 Å². The normalized spacial score (nSPS) is 21.6. The molecule has 36 heavy (non-hydrogen) atoms. The quantitative estimate of drug-likeness (QED) is 0.624. The molecule has 4 rings (SSSR count). The number of aliphatic hydroxyl groups excluding tert-OH is 1. The first-order valence-corrected chi connectivity index (χ1v) is 13.1. The van der Waals surface area contributed by atoms with Crippen LogP contribution in [0.4, 0.5) is 0 Å². The van der Waals surface area contributed by atoms with Crippen LogP contribution in [0, 0.1) is 23.7 Å². The summed E-state index contributed by atoms with van der Waals surface area (Å²) in [5.41, 5.74) is 1.87. The predicted molar refractivity (Wildman–Crippen MR) is 140 cm³/mol. The van der Waals surface area contributed by atoms with Crippen LogP contribution in [0.15, 0.2) is 36.8 Å². The van der Waals surface area contributed by atoms with Crippen molar-refractivity contribution in [2.75, 3.05) is 33.3 Å². The fourth-order valence-corrected chi connectivity index (χ4v) is 5.16. The number of hydrogen-bond acceptors (Lipinski definition) is 6. The predicted octanol–water partition coefficient (Wildman–Crippen LogP) is 3.61. The number of fused-ring (bicyclic) bond motifs is 1. The highest BCUT2D eigenvalue weighted by atomic mass is 16.5. The summed E-state index contributed by atoms with van der Waals surface area (Å²) in [5.74, 6) is 7.17. The van der Waals surface area contributed by atoms with Crippen molar-refractivity contribution in [1.82, 2.24) is 19.8 Å². The van der Waals surface area contributed by atoms with Crippen LogP contribution in [-0.4, -0.2) is 76.2 Å². The number of likely N-dealkylation sites (N-methyl/N-ethyl adjacent to an activating group) is 1. The third-order valence-corrected chi connectivity index (χ3v) is 7.34. The Morgan fingerprint density at radius 1 is 1.17 bits per heavy atom. The van der Waals surface area contributed by atoms with Gasteiger partial charge in [0.2, 0.25) is 5.88 Å². The van der Waals surface area contributed by atoms with Gasteiger partial charge in [0.15, 0.2) is 0 Å². The highest BCUT2D eigenvalue weighted by molar-refractivity contribution is 5.97. The smallest absolute Gasteiger partial charge is 0.259 e. The Morgan fingerprint density at radius 2 is 1.89 bits per heavy atom. The maximum atomic E-state index is 13.6. The third-order valence-electron chi connectivity index (χ3n) is 7.34. The van der Waals surface area contributed by atoms with Gasteiger partial charge >= 0.3 is 0 Å². The summed E-state index contributed by atoms with van der Waals surface area (Å²) in [6.45, 7) is 6.22. The minimum Gasteiger partial charge on any atom is -0.472 e. The van der Waals surface area contributed by atoms with Gasteiger partial charge in [0.1, 0.15) is 11.7 Å². The Morgan fingerprint density at radius 3 is 2.61 bits per heavy atom. The van der Waals surface area contributed by atoms with E-state index in [9.17, 15) is 9.90 Å². The molecule has 0 unspecified atom stereocenters. The number of carbonyl (C=O) groups is 1. The fraction of sp³-hybridized carbons (Fsp3) is 0.552. The third kappa shape index (κ3) is 6.63. The molecule has 3 heterocycles. The van der Waals surface area contributed by atoms with Crippen LogP contribution >= 0.6 is 0 Å². The van der Waals surface area contributed by atoms with E-state index in [-0.39, 0.29) is 30.6 Å². The zero-order chi connectivity index (χ0) is 25.5. The molecule has 0 bridgehead atoms. The molecule has 3 atom stereocenters. The van der Waals surface area contributed by atoms with Crippen molar-refractivity contribution in [1.29, 1.82) is 0 Å². The maximum absolute atomic E-state index is 13.6. The summed E-state index contributed by atoms with van der Waals surface area (Å²) in [4.78, 5) is 26.3. The van der Waals surface area contributed by atoms with Gasteiger partial charge in [0, 0.05) is 55.3 Å². The van der Waals surface area contributed by atoms with Crippen molar-refractivity contribution in [2.45, 2.75) is 58.1 Å². The van der Waals surface area contributed by atoms with Crippen molar-refractivity contribution in [2.24, 2.45) is 11.8 Å². The second kappa shape index (κ2) is 12.3. The molecule has 0 saturated heterocycles. The monoisotopic (exact) mass is 490 g/mol. The lowest BCUT2D eigenvalue weighted by molar-refractivity contribution is 0.0314. The highest BCUT2D eigenvalue weighted by Crippen LogP contribution is 2.28. The Bertz CT molecular complexity index is 1070. The molecule has 2 aromatic rings. The Labute approximate surface area is 214 Å². The largest absolute Gasteiger partial charge is 0.472 e. The lowest BCUT2D eigenvalue weighted by Crippen LogP contribution is -2.50. The van der Waals surface area contributed by atoms with E-state index in [1.807, 2.05) is 19.1 Å². The van der Waals surface area contributed by atoms with E-state index in [0.29, 0.717) is 23.6 Å². The second-order valence-corrected chi connectivity index (χ2v) is 10.4. The minimum atomic E-state index is -0.307. The van der Waals surface area contributed by atoms with E-state index in [0.717, 1.165) is 24.6 Å². The molecule has 1 aliphatic carbocycles. The molecule has 0 aromatic carbocycles. The summed E-state index contributed by atoms with van der Waals surface area (Å²) in [6.07, 6.45) is 11.5. The molecule has 1 fully saturated rings. The minimum absolute atomic E-state index is 0.0814. The maximum Gasteiger partial charge on any atom is 0.259 e. The Kier molecular flexibility index (Phi) is 8.95. The second-order valence-electron chi connectivity index (χ2n) is 10.4. The number of nitrogens with zero attached hydrogens (tertiary/aromatic N) is 4. The average molecular weight is 491 g/mol. The van der Waals surface area contributed by atoms with Crippen molar-refractivity contribution in [3.63, 3.8) is 0 Å². The van der Waals surface area contributed by atoms with Crippen molar-refractivity contribution < 1.29 is 14.6 Å². The zero-order valence-electron chi connectivity index (χ0n) is 21.7. The summed E-state index contributed by atoms with van der Waals surface area (Å²) < 4.78 is 6.44. The number of rotatable bonds is 6. The molecular weight excluding hydrogens is 452 g/mol. The van der Waals surface area contributed by atoms with Crippen molar-refractivity contribution in [3.05, 3.63) is 53.5 Å². The van der Waals surface area contributed by atoms with Gasteiger partial charge in [0.25, 0.3) is 5.91 Å². The molecule has 1 amide bonds. The number of amides is 1. The fourth-order valence-electron chi connectivity index (χ4n) is 5.16. The summed E-state index contributed by atoms with van der Waals surface area (Å²) in [7, 11) is 2.16. The highest BCUT2D eigenvalue weighted by Gasteiger charge is 2.34. The topological polar surface area (TPSA) is 78.8 Å². The molecule has 7 nitrogen and oxygen atoms in total. The van der Waals surface area contributed by atoms with Crippen LogP contribution in [0.3, 0.4) is 0 Å². The standard InChI is InChI=1S/C29H38N4O3/c1-21-17-33(22(2)20-34)29(35)26-15-25(10-9-23-11-13-30-14-12-23)16-31-28(26)36-27(21)19-32(3)18-24-7-5-4-6-8-24/h11-16,21-22,24,27,34H,4-8,17-20H2,1-3H3/t21-,22-,27+/m0/s1. The number of pyridine rings is 2. The lowest BCUT2D eigenvalue weighted by Gasteiger charge is -2.38. The van der Waals surface area contributed by atoms with E-state index < -0.39 is 0 Å². The molecular formula is C29H38N4O3. The van der Waals surface area contributed by atoms with Crippen molar-refractivity contribution in [3.8, 4) is 17.7 Å². The molecule has 2 aliphatic rings. The summed E-state index contributed by atoms with van der Waals surface area (Å²) in [6, 6.07) is 5.12. The van der Waals surface area contributed by atoms with Crippen LogP contribution in [0.1, 0.15) is 67.4 Å². The van der Waals surface area contributed by atoms with Crippen LogP contribution in [-0.2, 0) is 0 Å². The molecule has 1 N–H and O–H groups in total. The van der Waals surface area contributed by atoms with Gasteiger partial charge in [0.05, 0.1) is 12.6 Å². The Hall–Kier alpha value is -2.95. The molecule has 2 aromatic heterocycles. The lowest BCUT2D eigenvalue weighted by atomic mass is 9.89. The summed E-state index contributed by atoms with van der Waals surface area (Å²) in [5, 5.41) is 9.88. The van der Waals surface area contributed by atoms with Gasteiger partial charge < -0.3 is 19.6 Å². The van der Waals surface area contributed by atoms with Gasteiger partial charge in [-0.05, 0) is 50.9 Å². The molecule has 1 aliphatic heterocycles. The van der Waals surface area contributed by atoms with Gasteiger partial charge in [-0.25, -0.2) is 4.98 Å². The van der Waals surface area contributed by atoms with E-state index in [4.69, 9.17) is 4.74 Å². The first-order chi connectivity index (χ1) is 17.4. The first-order valence-electron chi connectivity index (χ1n) is 13.1. The number of aliphatic hydroxyl groups is 1. The zero-order valence-corrected chi connectivity index (χ0v) is 21.7. The van der Waals surface area contributed by atoms with E-state index in [1.165, 1.54) is 32.1 Å². The van der Waals surface area contributed by atoms with Gasteiger partial charge in [-0.1, -0.05) is 38.0 Å². The van der Waals surface area contributed by atoms with Crippen LogP contribution in [0.25, 0.3) is 0 Å². The van der Waals surface area contributed by atoms with Crippen LogP contribution in [0.2, 0.25) is 0 Å². The van der Waals surface area contributed by atoms with Crippen molar-refractivity contribution >= 4 is 5.91 Å². The SMILES string of the molecule is C[C@H]1CN([C@@H](C)CO)C(=O)c2cc(C#Cc3ccncc3)cnc2O[C@@H]1CN(C)CC1CCCCC1. The van der Waals surface area contributed by atoms with E-state index in [2.05, 4.69) is 40.7 Å². The Balaban J connectivity index is 1.59. The van der Waals surface area contributed by atoms with Gasteiger partial charge in [-0.3, -0.25) is 9.78 Å². The van der Waals surface area contributed by atoms with Gasteiger partial charge in [-0.15, -0.1) is 0 Å². The van der Waals surface area contributed by atoms with Crippen LogP contribution in [0.5, 0.6) is 5.88 Å². The number of aromatic nitrogens is 2. The molecule has 0 radical (unpaired) electrons. The number of hydrogen-bond donors (Lipinski definition) is 1. The first kappa shape index (κ1) is 26.1. The van der Waals surface area contributed by atoms with Gasteiger partial charge in [-0.2, -0.15) is 0 Å². The van der Waals surface area contributed by atoms with Crippen LogP contribution < -0.4 is 4.74 Å². The van der Waals surface area contributed by atoms with E-state index in [1.54, 1.807) is 29.6 Å². The number of carbonyl (C=O) groups excluding carboxylic acids is 1. The molecule has 192 valence electrons.